The van der Waals surface area contributed by atoms with Gasteiger partial charge in [0.05, 0.1) is 25.9 Å². The number of ether oxygens (including phenoxy) is 2. The second kappa shape index (κ2) is 13.3. The van der Waals surface area contributed by atoms with Crippen LogP contribution in [-0.2, 0) is 20.6 Å². The number of hydrogen-bond acceptors (Lipinski definition) is 4. The molecule has 0 spiro atoms. The largest absolute Gasteiger partial charge is 0.497 e. The van der Waals surface area contributed by atoms with E-state index >= 15 is 0 Å². The predicted octanol–water partition coefficient (Wildman–Crippen LogP) is 7.21. The van der Waals surface area contributed by atoms with Crippen molar-refractivity contribution in [1.82, 2.24) is 0 Å². The summed E-state index contributed by atoms with van der Waals surface area (Å²) in [6.07, 6.45) is 8.98. The fourth-order valence-electron chi connectivity index (χ4n) is 3.63. The third kappa shape index (κ3) is 8.88. The lowest BCUT2D eigenvalue weighted by Crippen LogP contribution is -2.50. The molecule has 0 fully saturated rings. The number of hydrogen-bond donors (Lipinski definition) is 0. The standard InChI is InChI=1S/C28H46O4Si/c1-11-12-13-14-21(2)26(31-20-24-15-17-25(30-8)18-16-24)23(4)27(22(3)19-29)32-33(9,10)28(5,6)7/h11-19,21-23,26-27H,20H2,1-10H3/b12-11?,14-13-/t21-,22+,23+,26-,27-/m0/s1. The first-order chi connectivity index (χ1) is 15.4. The van der Waals surface area contributed by atoms with Crippen molar-refractivity contribution in [2.75, 3.05) is 7.11 Å². The fourth-order valence-corrected chi connectivity index (χ4v) is 5.09. The summed E-state index contributed by atoms with van der Waals surface area (Å²) in [4.78, 5) is 11.9. The van der Waals surface area contributed by atoms with Crippen LogP contribution in [0.5, 0.6) is 5.75 Å². The molecule has 4 nitrogen and oxygen atoms in total. The van der Waals surface area contributed by atoms with Crippen LogP contribution in [0.4, 0.5) is 0 Å². The first kappa shape index (κ1) is 29.3. The molecule has 0 saturated heterocycles. The molecule has 0 N–H and O–H groups in total. The highest BCUT2D eigenvalue weighted by atomic mass is 28.4. The third-order valence-corrected chi connectivity index (χ3v) is 11.3. The maximum Gasteiger partial charge on any atom is 0.192 e. The molecule has 0 saturated carbocycles. The van der Waals surface area contributed by atoms with Crippen LogP contribution in [0.1, 0.15) is 54.0 Å². The van der Waals surface area contributed by atoms with Gasteiger partial charge in [0, 0.05) is 17.8 Å². The van der Waals surface area contributed by atoms with Crippen LogP contribution in [-0.4, -0.2) is 33.9 Å². The molecular formula is C28H46O4Si. The van der Waals surface area contributed by atoms with E-state index in [1.807, 2.05) is 50.3 Å². The number of rotatable bonds is 13. The minimum Gasteiger partial charge on any atom is -0.497 e. The van der Waals surface area contributed by atoms with Gasteiger partial charge in [-0.15, -0.1) is 0 Å². The molecular weight excluding hydrogens is 428 g/mol. The maximum atomic E-state index is 11.9. The van der Waals surface area contributed by atoms with Crippen molar-refractivity contribution >= 4 is 14.6 Å². The Morgan fingerprint density at radius 1 is 0.970 bits per heavy atom. The smallest absolute Gasteiger partial charge is 0.192 e. The Labute approximate surface area is 203 Å². The van der Waals surface area contributed by atoms with E-state index in [0.717, 1.165) is 17.6 Å². The summed E-state index contributed by atoms with van der Waals surface area (Å²) < 4.78 is 18.6. The topological polar surface area (TPSA) is 44.8 Å². The van der Waals surface area contributed by atoms with Gasteiger partial charge in [0.15, 0.2) is 8.32 Å². The SMILES string of the molecule is CC=C/C=C\[C@H](C)[C@H](OCc1ccc(OC)cc1)[C@@H](C)[C@@H](O[Si](C)(C)C(C)(C)C)[C@H](C)C=O. The molecule has 1 aromatic carbocycles. The molecule has 0 radical (unpaired) electrons. The molecule has 0 aliphatic rings. The Balaban J connectivity index is 3.22. The number of aldehydes is 1. The molecule has 1 aromatic rings. The predicted molar refractivity (Wildman–Crippen MR) is 141 cm³/mol. The zero-order valence-electron chi connectivity index (χ0n) is 22.4. The molecule has 0 aliphatic heterocycles. The van der Waals surface area contributed by atoms with Gasteiger partial charge in [0.25, 0.3) is 0 Å². The third-order valence-electron chi connectivity index (χ3n) is 6.84. The zero-order valence-corrected chi connectivity index (χ0v) is 23.4. The number of allylic oxidation sites excluding steroid dienone is 3. The summed E-state index contributed by atoms with van der Waals surface area (Å²) in [6, 6.07) is 7.95. The van der Waals surface area contributed by atoms with E-state index in [4.69, 9.17) is 13.9 Å². The van der Waals surface area contributed by atoms with E-state index in [9.17, 15) is 4.79 Å². The molecule has 5 atom stereocenters. The van der Waals surface area contributed by atoms with Gasteiger partial charge in [-0.25, -0.2) is 0 Å². The highest BCUT2D eigenvalue weighted by Crippen LogP contribution is 2.40. The zero-order chi connectivity index (χ0) is 25.2. The second-order valence-corrected chi connectivity index (χ2v) is 15.3. The van der Waals surface area contributed by atoms with Gasteiger partial charge in [-0.05, 0) is 42.8 Å². The summed E-state index contributed by atoms with van der Waals surface area (Å²) >= 11 is 0. The van der Waals surface area contributed by atoms with Crippen LogP contribution in [0, 0.1) is 17.8 Å². The minimum absolute atomic E-state index is 0.0304. The van der Waals surface area contributed by atoms with Gasteiger partial charge in [-0.2, -0.15) is 0 Å². The fraction of sp³-hybridized carbons (Fsp3) is 0.607. The second-order valence-electron chi connectivity index (χ2n) is 10.6. The lowest BCUT2D eigenvalue weighted by Gasteiger charge is -2.44. The summed E-state index contributed by atoms with van der Waals surface area (Å²) in [5.74, 6) is 0.795. The molecule has 186 valence electrons. The summed E-state index contributed by atoms with van der Waals surface area (Å²) in [5, 5.41) is 0.0600. The quantitative estimate of drug-likeness (QED) is 0.172. The number of carbonyl (C=O) groups excluding carboxylic acids is 1. The minimum atomic E-state index is -2.08. The van der Waals surface area contributed by atoms with Crippen molar-refractivity contribution in [2.24, 2.45) is 17.8 Å². The van der Waals surface area contributed by atoms with Crippen molar-refractivity contribution in [1.29, 1.82) is 0 Å². The van der Waals surface area contributed by atoms with Gasteiger partial charge in [-0.1, -0.05) is 78.0 Å². The molecule has 33 heavy (non-hydrogen) atoms. The lowest BCUT2D eigenvalue weighted by molar-refractivity contribution is -0.117. The Kier molecular flexibility index (Phi) is 11.8. The van der Waals surface area contributed by atoms with Crippen LogP contribution < -0.4 is 4.74 Å². The normalized spacial score (nSPS) is 17.6. The Morgan fingerprint density at radius 3 is 2.06 bits per heavy atom. The van der Waals surface area contributed by atoms with E-state index in [1.54, 1.807) is 7.11 Å². The van der Waals surface area contributed by atoms with Crippen molar-refractivity contribution < 1.29 is 18.7 Å². The summed E-state index contributed by atoms with van der Waals surface area (Å²) in [7, 11) is -0.411. The molecule has 0 unspecified atom stereocenters. The van der Waals surface area contributed by atoms with Crippen LogP contribution in [0.3, 0.4) is 0 Å². The van der Waals surface area contributed by atoms with E-state index < -0.39 is 8.32 Å². The van der Waals surface area contributed by atoms with Crippen molar-refractivity contribution in [3.05, 3.63) is 54.1 Å². The molecule has 0 bridgehead atoms. The number of methoxy groups -OCH3 is 1. The number of benzene rings is 1. The van der Waals surface area contributed by atoms with Gasteiger partial charge in [0.2, 0.25) is 0 Å². The van der Waals surface area contributed by atoms with E-state index in [2.05, 4.69) is 59.9 Å². The Morgan fingerprint density at radius 2 is 1.58 bits per heavy atom. The molecule has 5 heteroatoms. The first-order valence-electron chi connectivity index (χ1n) is 12.0. The van der Waals surface area contributed by atoms with Gasteiger partial charge in [-0.3, -0.25) is 0 Å². The van der Waals surface area contributed by atoms with E-state index in [0.29, 0.717) is 6.61 Å². The molecule has 0 aromatic heterocycles. The average Bonchev–Trinajstić information content (AvgIpc) is 2.76. The first-order valence-corrected chi connectivity index (χ1v) is 15.0. The number of carbonyl (C=O) groups is 1. The lowest BCUT2D eigenvalue weighted by atomic mass is 9.84. The van der Waals surface area contributed by atoms with E-state index in [1.165, 1.54) is 0 Å². The van der Waals surface area contributed by atoms with Crippen molar-refractivity contribution in [2.45, 2.75) is 85.4 Å². The monoisotopic (exact) mass is 474 g/mol. The molecule has 0 amide bonds. The van der Waals surface area contributed by atoms with E-state index in [-0.39, 0.29) is 35.0 Å². The van der Waals surface area contributed by atoms with Crippen LogP contribution in [0.25, 0.3) is 0 Å². The summed E-state index contributed by atoms with van der Waals surface area (Å²) in [5.41, 5.74) is 1.09. The molecule has 1 rings (SSSR count). The van der Waals surface area contributed by atoms with Crippen molar-refractivity contribution in [3.63, 3.8) is 0 Å². The van der Waals surface area contributed by atoms with Crippen LogP contribution >= 0.6 is 0 Å². The highest BCUT2D eigenvalue weighted by molar-refractivity contribution is 6.74. The Bertz CT molecular complexity index is 761. The van der Waals surface area contributed by atoms with Gasteiger partial charge >= 0.3 is 0 Å². The van der Waals surface area contributed by atoms with Crippen LogP contribution in [0.2, 0.25) is 18.1 Å². The van der Waals surface area contributed by atoms with Crippen molar-refractivity contribution in [3.8, 4) is 5.75 Å². The molecule has 0 heterocycles. The Hall–Kier alpha value is -1.69. The van der Waals surface area contributed by atoms with Crippen LogP contribution in [0.15, 0.2) is 48.6 Å². The van der Waals surface area contributed by atoms with Gasteiger partial charge < -0.3 is 18.7 Å². The molecule has 0 aliphatic carbocycles. The highest BCUT2D eigenvalue weighted by Gasteiger charge is 2.43. The average molecular weight is 475 g/mol. The maximum absolute atomic E-state index is 11.9. The summed E-state index contributed by atoms with van der Waals surface area (Å²) in [6.45, 7) is 20.0. The van der Waals surface area contributed by atoms with Gasteiger partial charge in [0.1, 0.15) is 12.0 Å².